The van der Waals surface area contributed by atoms with E-state index in [9.17, 15) is 14.7 Å². The van der Waals surface area contributed by atoms with Crippen LogP contribution in [0.15, 0.2) is 12.3 Å². The van der Waals surface area contributed by atoms with Crippen LogP contribution in [0.2, 0.25) is 5.02 Å². The molecule has 0 unspecified atom stereocenters. The van der Waals surface area contributed by atoms with Gasteiger partial charge in [-0.2, -0.15) is 0 Å². The van der Waals surface area contributed by atoms with Gasteiger partial charge in [0, 0.05) is 18.8 Å². The van der Waals surface area contributed by atoms with Crippen LogP contribution < -0.4 is 0 Å². The molecular formula is C14H19ClN2O3. The number of carbonyl (C=O) groups is 2. The van der Waals surface area contributed by atoms with Crippen molar-refractivity contribution in [2.75, 3.05) is 6.54 Å². The summed E-state index contributed by atoms with van der Waals surface area (Å²) in [5, 5.41) is 9.75. The van der Waals surface area contributed by atoms with Gasteiger partial charge in [-0.1, -0.05) is 11.6 Å². The Bertz CT molecular complexity index is 524. The normalized spacial score (nSPS) is 19.4. The van der Waals surface area contributed by atoms with Crippen molar-refractivity contribution in [3.05, 3.63) is 23.0 Å². The van der Waals surface area contributed by atoms with Gasteiger partial charge in [-0.05, 0) is 39.2 Å². The minimum Gasteiger partial charge on any atom is -0.480 e. The number of amides is 1. The van der Waals surface area contributed by atoms with E-state index in [0.29, 0.717) is 23.7 Å². The molecular weight excluding hydrogens is 280 g/mol. The summed E-state index contributed by atoms with van der Waals surface area (Å²) in [5.74, 6) is -1.19. The third-order valence-electron chi connectivity index (χ3n) is 3.64. The quantitative estimate of drug-likeness (QED) is 0.933. The summed E-state index contributed by atoms with van der Waals surface area (Å²) >= 11 is 5.98. The molecule has 1 fully saturated rings. The average Bonchev–Trinajstić information content (AvgIpc) is 2.80. The fourth-order valence-electron chi connectivity index (χ4n) is 2.62. The Kier molecular flexibility index (Phi) is 4.38. The van der Waals surface area contributed by atoms with E-state index < -0.39 is 12.0 Å². The molecule has 20 heavy (non-hydrogen) atoms. The van der Waals surface area contributed by atoms with Gasteiger partial charge in [0.15, 0.2) is 0 Å². The van der Waals surface area contributed by atoms with E-state index in [2.05, 4.69) is 0 Å². The molecule has 0 saturated carbocycles. The Hall–Kier alpha value is -1.49. The maximum Gasteiger partial charge on any atom is 0.326 e. The highest BCUT2D eigenvalue weighted by Crippen LogP contribution is 2.24. The fraction of sp³-hybridized carbons (Fsp3) is 0.571. The molecule has 110 valence electrons. The molecule has 0 bridgehead atoms. The minimum absolute atomic E-state index is 0.0921. The van der Waals surface area contributed by atoms with Gasteiger partial charge in [0.2, 0.25) is 0 Å². The summed E-state index contributed by atoms with van der Waals surface area (Å²) in [7, 11) is 0. The predicted octanol–water partition coefficient (Wildman–Crippen LogP) is 2.80. The van der Waals surface area contributed by atoms with E-state index >= 15 is 0 Å². The molecule has 1 amide bonds. The summed E-state index contributed by atoms with van der Waals surface area (Å²) in [6.07, 6.45) is 3.90. The molecule has 1 atom stereocenters. The monoisotopic (exact) mass is 298 g/mol. The van der Waals surface area contributed by atoms with Gasteiger partial charge in [0.25, 0.3) is 5.91 Å². The Morgan fingerprint density at radius 1 is 1.40 bits per heavy atom. The lowest BCUT2D eigenvalue weighted by molar-refractivity contribution is -0.143. The van der Waals surface area contributed by atoms with Crippen molar-refractivity contribution in [2.45, 2.75) is 45.2 Å². The van der Waals surface area contributed by atoms with Gasteiger partial charge >= 0.3 is 5.97 Å². The number of piperidine rings is 1. The molecule has 0 aromatic carbocycles. The lowest BCUT2D eigenvalue weighted by atomic mass is 10.0. The number of likely N-dealkylation sites (tertiary alicyclic amines) is 1. The van der Waals surface area contributed by atoms with Crippen molar-refractivity contribution >= 4 is 23.5 Å². The van der Waals surface area contributed by atoms with Crippen molar-refractivity contribution in [1.29, 1.82) is 0 Å². The van der Waals surface area contributed by atoms with Gasteiger partial charge in [0.05, 0.1) is 5.02 Å². The van der Waals surface area contributed by atoms with Crippen LogP contribution in [0.25, 0.3) is 0 Å². The van der Waals surface area contributed by atoms with Gasteiger partial charge < -0.3 is 14.6 Å². The molecule has 1 aromatic heterocycles. The maximum absolute atomic E-state index is 12.6. The third-order valence-corrected chi connectivity index (χ3v) is 3.85. The van der Waals surface area contributed by atoms with Crippen LogP contribution in [0.4, 0.5) is 0 Å². The number of aliphatic carboxylic acids is 1. The van der Waals surface area contributed by atoms with Crippen molar-refractivity contribution in [1.82, 2.24) is 9.47 Å². The van der Waals surface area contributed by atoms with Gasteiger partial charge in [-0.25, -0.2) is 4.79 Å². The van der Waals surface area contributed by atoms with Crippen LogP contribution in [0.5, 0.6) is 0 Å². The minimum atomic E-state index is -0.938. The topological polar surface area (TPSA) is 62.5 Å². The summed E-state index contributed by atoms with van der Waals surface area (Å²) < 4.78 is 1.79. The standard InChI is InChI=1S/C14H19ClN2O3/c1-9(2)17-8-10(15)7-12(17)13(18)16-6-4-3-5-11(16)14(19)20/h7-9,11H,3-6H2,1-2H3,(H,19,20)/t11-/m1/s1. The van der Waals surface area contributed by atoms with Crippen LogP contribution in [-0.4, -0.2) is 39.0 Å². The first-order valence-corrected chi connectivity index (χ1v) is 7.20. The largest absolute Gasteiger partial charge is 0.480 e. The van der Waals surface area contributed by atoms with Crippen LogP contribution >= 0.6 is 11.6 Å². The molecule has 1 aliphatic rings. The Morgan fingerprint density at radius 3 is 2.70 bits per heavy atom. The van der Waals surface area contributed by atoms with Crippen LogP contribution in [0, 0.1) is 0 Å². The lowest BCUT2D eigenvalue weighted by Crippen LogP contribution is -2.48. The molecule has 1 aromatic rings. The highest BCUT2D eigenvalue weighted by atomic mass is 35.5. The van der Waals surface area contributed by atoms with Crippen molar-refractivity contribution < 1.29 is 14.7 Å². The number of rotatable bonds is 3. The fourth-order valence-corrected chi connectivity index (χ4v) is 2.83. The molecule has 1 saturated heterocycles. The van der Waals surface area contributed by atoms with Crippen LogP contribution in [0.3, 0.4) is 0 Å². The summed E-state index contributed by atoms with van der Waals surface area (Å²) in [5.41, 5.74) is 0.457. The zero-order chi connectivity index (χ0) is 14.9. The van der Waals surface area contributed by atoms with E-state index in [1.165, 1.54) is 4.90 Å². The summed E-state index contributed by atoms with van der Waals surface area (Å²) in [6, 6.07) is 0.970. The van der Waals surface area contributed by atoms with E-state index in [-0.39, 0.29) is 11.9 Å². The number of hydrogen-bond donors (Lipinski definition) is 1. The molecule has 0 aliphatic carbocycles. The molecule has 5 nitrogen and oxygen atoms in total. The van der Waals surface area contributed by atoms with Crippen LogP contribution in [0.1, 0.15) is 49.6 Å². The Balaban J connectivity index is 2.32. The molecule has 6 heteroatoms. The molecule has 2 heterocycles. The number of nitrogens with zero attached hydrogens (tertiary/aromatic N) is 2. The van der Waals surface area contributed by atoms with Crippen LogP contribution in [-0.2, 0) is 4.79 Å². The number of halogens is 1. The number of aromatic nitrogens is 1. The van der Waals surface area contributed by atoms with E-state index in [4.69, 9.17) is 11.6 Å². The predicted molar refractivity (Wildman–Crippen MR) is 76.1 cm³/mol. The second kappa shape index (κ2) is 5.87. The van der Waals surface area contributed by atoms with Gasteiger partial charge in [-0.15, -0.1) is 0 Å². The first-order chi connectivity index (χ1) is 9.41. The van der Waals surface area contributed by atoms with Crippen molar-refractivity contribution in [3.63, 3.8) is 0 Å². The first kappa shape index (κ1) is 14.9. The lowest BCUT2D eigenvalue weighted by Gasteiger charge is -2.33. The molecule has 1 aliphatic heterocycles. The first-order valence-electron chi connectivity index (χ1n) is 6.83. The Labute approximate surface area is 123 Å². The van der Waals surface area contributed by atoms with Crippen molar-refractivity contribution in [2.24, 2.45) is 0 Å². The van der Waals surface area contributed by atoms with E-state index in [1.807, 2.05) is 13.8 Å². The summed E-state index contributed by atoms with van der Waals surface area (Å²) in [4.78, 5) is 25.4. The zero-order valence-corrected chi connectivity index (χ0v) is 12.4. The second-order valence-electron chi connectivity index (χ2n) is 5.39. The zero-order valence-electron chi connectivity index (χ0n) is 11.7. The van der Waals surface area contributed by atoms with E-state index in [1.54, 1.807) is 16.8 Å². The number of carbonyl (C=O) groups excluding carboxylic acids is 1. The number of hydrogen-bond acceptors (Lipinski definition) is 2. The second-order valence-corrected chi connectivity index (χ2v) is 5.83. The van der Waals surface area contributed by atoms with Crippen molar-refractivity contribution in [3.8, 4) is 0 Å². The summed E-state index contributed by atoms with van der Waals surface area (Å²) in [6.45, 7) is 4.40. The molecule has 0 radical (unpaired) electrons. The molecule has 2 rings (SSSR count). The molecule has 1 N–H and O–H groups in total. The Morgan fingerprint density at radius 2 is 2.10 bits per heavy atom. The maximum atomic E-state index is 12.6. The average molecular weight is 299 g/mol. The smallest absolute Gasteiger partial charge is 0.326 e. The number of carboxylic acid groups (broad SMARTS) is 1. The van der Waals surface area contributed by atoms with E-state index in [0.717, 1.165) is 12.8 Å². The highest BCUT2D eigenvalue weighted by molar-refractivity contribution is 6.31. The molecule has 0 spiro atoms. The number of carboxylic acids is 1. The third kappa shape index (κ3) is 2.82. The SMILES string of the molecule is CC(C)n1cc(Cl)cc1C(=O)N1CCCC[C@@H]1C(=O)O. The highest BCUT2D eigenvalue weighted by Gasteiger charge is 2.33. The van der Waals surface area contributed by atoms with Gasteiger partial charge in [-0.3, -0.25) is 4.79 Å². The van der Waals surface area contributed by atoms with Gasteiger partial charge in [0.1, 0.15) is 11.7 Å².